The number of aromatic nitrogens is 2. The van der Waals surface area contributed by atoms with E-state index in [-0.39, 0.29) is 17.8 Å². The minimum atomic E-state index is 0.0119. The van der Waals surface area contributed by atoms with Crippen molar-refractivity contribution in [2.24, 2.45) is 7.05 Å². The van der Waals surface area contributed by atoms with Crippen molar-refractivity contribution in [1.82, 2.24) is 14.0 Å². The second-order valence-electron chi connectivity index (χ2n) is 7.75. The zero-order valence-electron chi connectivity index (χ0n) is 16.1. The topological polar surface area (TPSA) is 48.6 Å². The molecule has 146 valence electrons. The first kappa shape index (κ1) is 17.4. The third-order valence-electron chi connectivity index (χ3n) is 5.87. The van der Waals surface area contributed by atoms with Crippen LogP contribution in [-0.4, -0.2) is 46.4 Å². The normalized spacial score (nSPS) is 22.5. The van der Waals surface area contributed by atoms with Crippen LogP contribution in [0, 0.1) is 0 Å². The van der Waals surface area contributed by atoms with Gasteiger partial charge in [-0.25, -0.2) is 4.79 Å². The third-order valence-corrected chi connectivity index (χ3v) is 5.87. The minimum absolute atomic E-state index is 0.0119. The van der Waals surface area contributed by atoms with E-state index in [1.54, 1.807) is 4.57 Å². The molecule has 6 heteroatoms. The standard InChI is InChI=1S/C22H25N3O3/c1-23-18-8-2-3-9-19(18)25(22(23)26)16-7-6-12-24(13-16)14-17-15-27-20-10-4-5-11-21(20)28-17/h2-5,8-11,16-17H,6-7,12-15H2,1H3/t16-,17-/m0/s1. The van der Waals surface area contributed by atoms with Crippen LogP contribution in [-0.2, 0) is 7.05 Å². The molecule has 6 nitrogen and oxygen atoms in total. The molecular formula is C22H25N3O3. The average Bonchev–Trinajstić information content (AvgIpc) is 2.99. The molecule has 0 bridgehead atoms. The van der Waals surface area contributed by atoms with Gasteiger partial charge in [0.25, 0.3) is 0 Å². The predicted molar refractivity (Wildman–Crippen MR) is 108 cm³/mol. The fraction of sp³-hybridized carbons (Fsp3) is 0.409. The summed E-state index contributed by atoms with van der Waals surface area (Å²) in [6.07, 6.45) is 2.11. The van der Waals surface area contributed by atoms with Gasteiger partial charge in [-0.3, -0.25) is 14.0 Å². The molecule has 5 rings (SSSR count). The third kappa shape index (κ3) is 2.98. The Kier molecular flexibility index (Phi) is 4.36. The first-order chi connectivity index (χ1) is 13.7. The van der Waals surface area contributed by atoms with E-state index >= 15 is 0 Å². The van der Waals surface area contributed by atoms with E-state index in [4.69, 9.17) is 9.47 Å². The Morgan fingerprint density at radius 1 is 1.04 bits per heavy atom. The van der Waals surface area contributed by atoms with Crippen molar-refractivity contribution in [2.75, 3.05) is 26.2 Å². The van der Waals surface area contributed by atoms with Gasteiger partial charge < -0.3 is 9.47 Å². The molecule has 2 aliphatic rings. The van der Waals surface area contributed by atoms with Crippen LogP contribution in [0.3, 0.4) is 0 Å². The van der Waals surface area contributed by atoms with Crippen LogP contribution in [0.15, 0.2) is 53.3 Å². The number of piperidine rings is 1. The highest BCUT2D eigenvalue weighted by Crippen LogP contribution is 2.32. The number of aryl methyl sites for hydroxylation is 1. The van der Waals surface area contributed by atoms with Gasteiger partial charge in [0.15, 0.2) is 11.5 Å². The maximum Gasteiger partial charge on any atom is 0.329 e. The van der Waals surface area contributed by atoms with E-state index in [9.17, 15) is 4.79 Å². The first-order valence-corrected chi connectivity index (χ1v) is 9.97. The van der Waals surface area contributed by atoms with Gasteiger partial charge in [0.05, 0.1) is 17.1 Å². The molecule has 0 saturated carbocycles. The fourth-order valence-electron chi connectivity index (χ4n) is 4.52. The SMILES string of the molecule is Cn1c(=O)n([C@H]2CCCN(C[C@H]3COc4ccccc4O3)C2)c2ccccc21. The molecule has 0 amide bonds. The quantitative estimate of drug-likeness (QED) is 0.702. The van der Waals surface area contributed by atoms with Crippen LogP contribution in [0.1, 0.15) is 18.9 Å². The summed E-state index contributed by atoms with van der Waals surface area (Å²) in [4.78, 5) is 15.3. The van der Waals surface area contributed by atoms with E-state index in [2.05, 4.69) is 4.90 Å². The van der Waals surface area contributed by atoms with E-state index in [1.165, 1.54) is 0 Å². The summed E-state index contributed by atoms with van der Waals surface area (Å²) >= 11 is 0. The summed E-state index contributed by atoms with van der Waals surface area (Å²) in [7, 11) is 1.85. The number of likely N-dealkylation sites (tertiary alicyclic amines) is 1. The highest BCUT2D eigenvalue weighted by molar-refractivity contribution is 5.76. The summed E-state index contributed by atoms with van der Waals surface area (Å²) in [5.74, 6) is 1.63. The molecule has 2 aromatic carbocycles. The van der Waals surface area contributed by atoms with E-state index < -0.39 is 0 Å². The van der Waals surface area contributed by atoms with E-state index in [1.807, 2.05) is 60.1 Å². The molecule has 3 aromatic rings. The van der Waals surface area contributed by atoms with Gasteiger partial charge in [0, 0.05) is 20.1 Å². The molecule has 1 aromatic heterocycles. The van der Waals surface area contributed by atoms with Gasteiger partial charge in [-0.1, -0.05) is 24.3 Å². The molecular weight excluding hydrogens is 354 g/mol. The Morgan fingerprint density at radius 2 is 1.79 bits per heavy atom. The smallest absolute Gasteiger partial charge is 0.329 e. The summed E-state index contributed by atoms with van der Waals surface area (Å²) in [6.45, 7) is 3.25. The molecule has 3 heterocycles. The Hall–Kier alpha value is -2.73. The number of hydrogen-bond acceptors (Lipinski definition) is 4. The molecule has 2 aliphatic heterocycles. The highest BCUT2D eigenvalue weighted by Gasteiger charge is 2.29. The second kappa shape index (κ2) is 7.02. The molecule has 1 saturated heterocycles. The number of hydrogen-bond donors (Lipinski definition) is 0. The fourth-order valence-corrected chi connectivity index (χ4v) is 4.52. The summed E-state index contributed by atoms with van der Waals surface area (Å²) < 4.78 is 15.7. The molecule has 0 unspecified atom stereocenters. The van der Waals surface area contributed by atoms with Gasteiger partial charge in [0.1, 0.15) is 12.7 Å². The van der Waals surface area contributed by atoms with Crippen LogP contribution >= 0.6 is 0 Å². The molecule has 1 fully saturated rings. The van der Waals surface area contributed by atoms with Crippen LogP contribution in [0.2, 0.25) is 0 Å². The summed E-state index contributed by atoms with van der Waals surface area (Å²) in [5.41, 5.74) is 2.08. The van der Waals surface area contributed by atoms with Gasteiger partial charge in [-0.05, 0) is 43.7 Å². The van der Waals surface area contributed by atoms with Crippen LogP contribution < -0.4 is 15.2 Å². The van der Waals surface area contributed by atoms with E-state index in [0.29, 0.717) is 6.61 Å². The molecule has 2 atom stereocenters. The molecule has 0 spiro atoms. The first-order valence-electron chi connectivity index (χ1n) is 9.97. The zero-order valence-corrected chi connectivity index (χ0v) is 16.1. The monoisotopic (exact) mass is 379 g/mol. The van der Waals surface area contributed by atoms with Crippen molar-refractivity contribution in [1.29, 1.82) is 0 Å². The van der Waals surface area contributed by atoms with Crippen LogP contribution in [0.4, 0.5) is 0 Å². The molecule has 0 N–H and O–H groups in total. The van der Waals surface area contributed by atoms with Crippen molar-refractivity contribution in [3.8, 4) is 11.5 Å². The minimum Gasteiger partial charge on any atom is -0.486 e. The Bertz CT molecular complexity index is 1050. The predicted octanol–water partition coefficient (Wildman–Crippen LogP) is 2.82. The number of benzene rings is 2. The van der Waals surface area contributed by atoms with E-state index in [0.717, 1.165) is 55.0 Å². The Morgan fingerprint density at radius 3 is 2.64 bits per heavy atom. The number of para-hydroxylation sites is 4. The molecule has 28 heavy (non-hydrogen) atoms. The van der Waals surface area contributed by atoms with Crippen LogP contribution in [0.5, 0.6) is 11.5 Å². The maximum absolute atomic E-state index is 12.9. The Balaban J connectivity index is 1.34. The lowest BCUT2D eigenvalue weighted by Gasteiger charge is -2.36. The number of ether oxygens (including phenoxy) is 2. The van der Waals surface area contributed by atoms with Gasteiger partial charge in [-0.2, -0.15) is 0 Å². The zero-order chi connectivity index (χ0) is 19.1. The lowest BCUT2D eigenvalue weighted by atomic mass is 10.0. The number of rotatable bonds is 3. The van der Waals surface area contributed by atoms with Gasteiger partial charge >= 0.3 is 5.69 Å². The van der Waals surface area contributed by atoms with Crippen molar-refractivity contribution in [3.63, 3.8) is 0 Å². The largest absolute Gasteiger partial charge is 0.486 e. The van der Waals surface area contributed by atoms with Gasteiger partial charge in [-0.15, -0.1) is 0 Å². The van der Waals surface area contributed by atoms with Crippen molar-refractivity contribution < 1.29 is 9.47 Å². The molecule has 0 radical (unpaired) electrons. The van der Waals surface area contributed by atoms with Crippen molar-refractivity contribution in [3.05, 3.63) is 59.0 Å². The van der Waals surface area contributed by atoms with Gasteiger partial charge in [0.2, 0.25) is 0 Å². The maximum atomic E-state index is 12.9. The van der Waals surface area contributed by atoms with Crippen LogP contribution in [0.25, 0.3) is 11.0 Å². The molecule has 0 aliphatic carbocycles. The Labute approximate surface area is 163 Å². The van der Waals surface area contributed by atoms with Crippen molar-refractivity contribution in [2.45, 2.75) is 25.0 Å². The number of imidazole rings is 1. The highest BCUT2D eigenvalue weighted by atomic mass is 16.6. The summed E-state index contributed by atoms with van der Waals surface area (Å²) in [6, 6.07) is 16.0. The average molecular weight is 379 g/mol. The summed E-state index contributed by atoms with van der Waals surface area (Å²) in [5, 5.41) is 0. The number of fused-ring (bicyclic) bond motifs is 2. The second-order valence-corrected chi connectivity index (χ2v) is 7.75. The number of nitrogens with zero attached hydrogens (tertiary/aromatic N) is 3. The lowest BCUT2D eigenvalue weighted by Crippen LogP contribution is -2.46. The lowest BCUT2D eigenvalue weighted by molar-refractivity contribution is 0.0461. The van der Waals surface area contributed by atoms with Crippen molar-refractivity contribution >= 4 is 11.0 Å².